The first-order valence-electron chi connectivity index (χ1n) is 9.30. The van der Waals surface area contributed by atoms with Crippen LogP contribution in [0.4, 0.5) is 5.82 Å². The summed E-state index contributed by atoms with van der Waals surface area (Å²) >= 11 is 6.11. The molecule has 9 nitrogen and oxygen atoms in total. The van der Waals surface area contributed by atoms with Crippen LogP contribution >= 0.6 is 11.6 Å². The van der Waals surface area contributed by atoms with Crippen LogP contribution in [0.2, 0.25) is 5.02 Å². The van der Waals surface area contributed by atoms with Crippen molar-refractivity contribution in [3.8, 4) is 11.6 Å². The molecule has 0 unspecified atom stereocenters. The predicted molar refractivity (Wildman–Crippen MR) is 111 cm³/mol. The van der Waals surface area contributed by atoms with Crippen LogP contribution in [0.5, 0.6) is 0 Å². The van der Waals surface area contributed by atoms with Crippen molar-refractivity contribution in [2.75, 3.05) is 31.1 Å². The summed E-state index contributed by atoms with van der Waals surface area (Å²) in [6.07, 6.45) is 1.57. The topological polar surface area (TPSA) is 96.8 Å². The van der Waals surface area contributed by atoms with Gasteiger partial charge < -0.3 is 9.32 Å². The van der Waals surface area contributed by atoms with Crippen molar-refractivity contribution in [2.45, 2.75) is 4.90 Å². The molecule has 30 heavy (non-hydrogen) atoms. The van der Waals surface area contributed by atoms with Gasteiger partial charge in [0.05, 0.1) is 11.3 Å². The molecule has 4 heterocycles. The summed E-state index contributed by atoms with van der Waals surface area (Å²) in [6, 6.07) is 13.7. The van der Waals surface area contributed by atoms with Gasteiger partial charge in [-0.1, -0.05) is 23.7 Å². The van der Waals surface area contributed by atoms with Gasteiger partial charge in [-0.2, -0.15) is 8.82 Å². The number of fused-ring (bicyclic) bond motifs is 1. The van der Waals surface area contributed by atoms with E-state index in [0.717, 1.165) is 0 Å². The predicted octanol–water partition coefficient (Wildman–Crippen LogP) is 2.55. The van der Waals surface area contributed by atoms with Gasteiger partial charge in [0, 0.05) is 26.2 Å². The SMILES string of the molecule is O=S(=O)(c1ccccc1Cl)N1CCN(c2ccc3nnc(-c4ccco4)n3n2)CC1. The molecule has 0 radical (unpaired) electrons. The van der Waals surface area contributed by atoms with Gasteiger partial charge in [0.15, 0.2) is 11.4 Å². The maximum absolute atomic E-state index is 12.9. The third-order valence-electron chi connectivity index (χ3n) is 5.01. The van der Waals surface area contributed by atoms with Crippen molar-refractivity contribution in [3.05, 3.63) is 59.8 Å². The highest BCUT2D eigenvalue weighted by Gasteiger charge is 2.30. The lowest BCUT2D eigenvalue weighted by Crippen LogP contribution is -2.49. The molecule has 0 N–H and O–H groups in total. The number of nitrogens with zero attached hydrogens (tertiary/aromatic N) is 6. The van der Waals surface area contributed by atoms with Crippen LogP contribution in [0.15, 0.2) is 64.1 Å². The number of sulfonamides is 1. The second-order valence-corrected chi connectivity index (χ2v) is 9.10. The van der Waals surface area contributed by atoms with E-state index >= 15 is 0 Å². The van der Waals surface area contributed by atoms with Crippen LogP contribution in [0.3, 0.4) is 0 Å². The average Bonchev–Trinajstić information content (AvgIpc) is 3.43. The molecule has 1 aliphatic heterocycles. The van der Waals surface area contributed by atoms with Crippen molar-refractivity contribution >= 4 is 33.1 Å². The number of aromatic nitrogens is 4. The number of furan rings is 1. The maximum atomic E-state index is 12.9. The fraction of sp³-hybridized carbons (Fsp3) is 0.211. The first-order valence-corrected chi connectivity index (χ1v) is 11.1. The van der Waals surface area contributed by atoms with Gasteiger partial charge >= 0.3 is 0 Å². The number of hydrogen-bond acceptors (Lipinski definition) is 7. The Morgan fingerprint density at radius 1 is 0.933 bits per heavy atom. The zero-order valence-electron chi connectivity index (χ0n) is 15.7. The van der Waals surface area contributed by atoms with E-state index in [1.807, 2.05) is 17.0 Å². The number of benzene rings is 1. The van der Waals surface area contributed by atoms with E-state index in [9.17, 15) is 8.42 Å². The zero-order valence-corrected chi connectivity index (χ0v) is 17.3. The van der Waals surface area contributed by atoms with Crippen molar-refractivity contribution in [1.29, 1.82) is 0 Å². The van der Waals surface area contributed by atoms with Crippen molar-refractivity contribution < 1.29 is 12.8 Å². The highest BCUT2D eigenvalue weighted by molar-refractivity contribution is 7.89. The molecular formula is C19H17ClN6O3S. The molecule has 0 spiro atoms. The normalized spacial score (nSPS) is 15.7. The number of piperazine rings is 1. The van der Waals surface area contributed by atoms with Crippen molar-refractivity contribution in [1.82, 2.24) is 24.1 Å². The molecule has 1 fully saturated rings. The van der Waals surface area contributed by atoms with Gasteiger partial charge in [0.25, 0.3) is 0 Å². The fourth-order valence-electron chi connectivity index (χ4n) is 3.46. The summed E-state index contributed by atoms with van der Waals surface area (Å²) in [6.45, 7) is 1.67. The largest absolute Gasteiger partial charge is 0.461 e. The standard InChI is InChI=1S/C19H17ClN6O3S/c20-14-4-1-2-6-16(14)30(27,28)25-11-9-24(10-12-25)18-8-7-17-21-22-19(26(17)23-18)15-5-3-13-29-15/h1-8,13H,9-12H2. The molecule has 1 aliphatic rings. The molecule has 0 saturated carbocycles. The lowest BCUT2D eigenvalue weighted by molar-refractivity contribution is 0.383. The Morgan fingerprint density at radius 2 is 1.73 bits per heavy atom. The number of halogens is 1. The smallest absolute Gasteiger partial charge is 0.244 e. The molecule has 5 rings (SSSR count). The Morgan fingerprint density at radius 3 is 2.47 bits per heavy atom. The Balaban J connectivity index is 1.37. The Hall–Kier alpha value is -2.95. The first-order chi connectivity index (χ1) is 14.5. The van der Waals surface area contributed by atoms with Crippen molar-refractivity contribution in [2.24, 2.45) is 0 Å². The Labute approximate surface area is 177 Å². The number of rotatable bonds is 4. The molecule has 0 atom stereocenters. The van der Waals surface area contributed by atoms with Gasteiger partial charge in [-0.15, -0.1) is 15.3 Å². The van der Waals surface area contributed by atoms with E-state index in [1.54, 1.807) is 41.1 Å². The van der Waals surface area contributed by atoms with Gasteiger partial charge in [-0.25, -0.2) is 8.42 Å². The van der Waals surface area contributed by atoms with E-state index in [2.05, 4.69) is 15.3 Å². The van der Waals surface area contributed by atoms with E-state index in [4.69, 9.17) is 16.0 Å². The molecule has 154 valence electrons. The van der Waals surface area contributed by atoms with E-state index in [-0.39, 0.29) is 9.92 Å². The summed E-state index contributed by atoms with van der Waals surface area (Å²) in [7, 11) is -3.64. The van der Waals surface area contributed by atoms with E-state index in [1.165, 1.54) is 10.4 Å². The molecule has 0 aliphatic carbocycles. The molecular weight excluding hydrogens is 428 g/mol. The number of hydrogen-bond donors (Lipinski definition) is 0. The second kappa shape index (κ2) is 7.38. The monoisotopic (exact) mass is 444 g/mol. The van der Waals surface area contributed by atoms with Crippen molar-refractivity contribution in [3.63, 3.8) is 0 Å². The highest BCUT2D eigenvalue weighted by atomic mass is 35.5. The summed E-state index contributed by atoms with van der Waals surface area (Å²) in [5.41, 5.74) is 0.602. The fourth-order valence-corrected chi connectivity index (χ4v) is 5.37. The molecule has 11 heteroatoms. The Kier molecular flexibility index (Phi) is 4.69. The summed E-state index contributed by atoms with van der Waals surface area (Å²) in [5, 5.41) is 13.1. The van der Waals surface area contributed by atoms with Gasteiger partial charge in [0.1, 0.15) is 10.7 Å². The van der Waals surface area contributed by atoms with Crippen LogP contribution in [-0.2, 0) is 10.0 Å². The Bertz CT molecular complexity index is 1300. The molecule has 1 aromatic carbocycles. The molecule has 1 saturated heterocycles. The lowest BCUT2D eigenvalue weighted by Gasteiger charge is -2.34. The quantitative estimate of drug-likeness (QED) is 0.477. The van der Waals surface area contributed by atoms with Crippen LogP contribution in [0.1, 0.15) is 0 Å². The minimum absolute atomic E-state index is 0.132. The van der Waals surface area contributed by atoms with Crippen LogP contribution < -0.4 is 4.90 Å². The summed E-state index contributed by atoms with van der Waals surface area (Å²) in [4.78, 5) is 2.16. The molecule has 0 bridgehead atoms. The van der Waals surface area contributed by atoms with E-state index < -0.39 is 10.0 Å². The van der Waals surface area contributed by atoms with E-state index in [0.29, 0.717) is 49.2 Å². The van der Waals surface area contributed by atoms with Gasteiger partial charge in [-0.3, -0.25) is 0 Å². The minimum Gasteiger partial charge on any atom is -0.461 e. The summed E-state index contributed by atoms with van der Waals surface area (Å²) < 4.78 is 34.4. The van der Waals surface area contributed by atoms with Crippen LogP contribution in [-0.4, -0.2) is 58.7 Å². The maximum Gasteiger partial charge on any atom is 0.244 e. The lowest BCUT2D eigenvalue weighted by atomic mass is 10.3. The second-order valence-electron chi connectivity index (χ2n) is 6.78. The average molecular weight is 445 g/mol. The van der Waals surface area contributed by atoms with Crippen LogP contribution in [0, 0.1) is 0 Å². The third-order valence-corrected chi connectivity index (χ3v) is 7.41. The summed E-state index contributed by atoms with van der Waals surface area (Å²) in [5.74, 6) is 1.80. The highest BCUT2D eigenvalue weighted by Crippen LogP contribution is 2.26. The third kappa shape index (κ3) is 3.22. The molecule has 3 aromatic heterocycles. The molecule has 4 aromatic rings. The first kappa shape index (κ1) is 19.0. The van der Waals surface area contributed by atoms with Gasteiger partial charge in [0.2, 0.25) is 15.8 Å². The van der Waals surface area contributed by atoms with Gasteiger partial charge in [-0.05, 0) is 36.4 Å². The zero-order chi connectivity index (χ0) is 20.7. The van der Waals surface area contributed by atoms with Crippen LogP contribution in [0.25, 0.3) is 17.2 Å². The minimum atomic E-state index is -3.64. The molecule has 0 amide bonds. The number of anilines is 1.